The molecule has 0 aromatic carbocycles. The van der Waals surface area contributed by atoms with Gasteiger partial charge in [0.05, 0.1) is 0 Å². The van der Waals surface area contributed by atoms with Crippen LogP contribution in [0.3, 0.4) is 0 Å². The van der Waals surface area contributed by atoms with Gasteiger partial charge in [-0.25, -0.2) is 0 Å². The van der Waals surface area contributed by atoms with Gasteiger partial charge in [0, 0.05) is 6.42 Å². The number of primary amides is 2. The van der Waals surface area contributed by atoms with E-state index in [2.05, 4.69) is 19.2 Å². The van der Waals surface area contributed by atoms with E-state index in [1.54, 1.807) is 0 Å². The van der Waals surface area contributed by atoms with Crippen LogP contribution in [-0.4, -0.2) is 23.3 Å². The first-order chi connectivity index (χ1) is 13.9. The third-order valence-electron chi connectivity index (χ3n) is 5.58. The maximum atomic E-state index is 12.0. The first-order valence-electron chi connectivity index (χ1n) is 11.6. The van der Waals surface area contributed by atoms with Crippen LogP contribution in [-0.2, 0) is 14.4 Å². The molecule has 29 heavy (non-hydrogen) atoms. The summed E-state index contributed by atoms with van der Waals surface area (Å²) in [5.74, 6) is -2.32. The van der Waals surface area contributed by atoms with Gasteiger partial charge >= 0.3 is 0 Å². The number of amides is 3. The number of unbranched alkanes of at least 4 members (excludes halogenated alkanes) is 14. The Bertz CT molecular complexity index is 452. The zero-order valence-corrected chi connectivity index (χ0v) is 18.6. The molecule has 6 heteroatoms. The molecule has 0 aliphatic rings. The molecule has 0 aromatic heterocycles. The van der Waals surface area contributed by atoms with E-state index >= 15 is 0 Å². The highest BCUT2D eigenvalue weighted by Crippen LogP contribution is 2.14. The molecule has 0 rings (SSSR count). The predicted octanol–water partition coefficient (Wildman–Crippen LogP) is 4.30. The molecule has 0 unspecified atom stereocenters. The molecule has 1 radical (unpaired) electrons. The zero-order valence-electron chi connectivity index (χ0n) is 18.6. The summed E-state index contributed by atoms with van der Waals surface area (Å²) in [6, 6.07) is 0. The van der Waals surface area contributed by atoms with Crippen molar-refractivity contribution in [3.8, 4) is 0 Å². The lowest BCUT2D eigenvalue weighted by atomic mass is 9.94. The number of hydrogen-bond acceptors (Lipinski definition) is 3. The molecule has 169 valence electrons. The molecular weight excluding hydrogens is 366 g/mol. The van der Waals surface area contributed by atoms with Crippen LogP contribution >= 0.6 is 0 Å². The van der Waals surface area contributed by atoms with Gasteiger partial charge in [-0.1, -0.05) is 96.8 Å². The van der Waals surface area contributed by atoms with E-state index in [0.717, 1.165) is 12.8 Å². The van der Waals surface area contributed by atoms with Gasteiger partial charge in [-0.2, -0.15) is 0 Å². The number of hydrogen-bond donors (Lipinski definition) is 3. The van der Waals surface area contributed by atoms with E-state index in [1.165, 1.54) is 77.0 Å². The molecule has 0 atom stereocenters. The minimum absolute atomic E-state index is 0.192. The molecular formula is C23H44N3O3. The fraction of sp³-hybridized carbons (Fsp3) is 0.826. The molecule has 6 nitrogen and oxygen atoms in total. The summed E-state index contributed by atoms with van der Waals surface area (Å²) >= 11 is 0. The van der Waals surface area contributed by atoms with Gasteiger partial charge in [-0.3, -0.25) is 14.4 Å². The largest absolute Gasteiger partial charge is 0.367 e. The van der Waals surface area contributed by atoms with Crippen LogP contribution < -0.4 is 16.8 Å². The summed E-state index contributed by atoms with van der Waals surface area (Å²) in [5.41, 5.74) is 8.56. The van der Waals surface area contributed by atoms with Crippen LogP contribution in [0.5, 0.6) is 0 Å². The first kappa shape index (κ1) is 27.4. The van der Waals surface area contributed by atoms with Gasteiger partial charge in [-0.15, -0.1) is 0 Å². The van der Waals surface area contributed by atoms with Crippen molar-refractivity contribution in [3.63, 3.8) is 0 Å². The highest BCUT2D eigenvalue weighted by atomic mass is 16.2. The SMILES string of the molecule is [CH2]CC(NC(=O)CCCCCCCCCCCCCCCCC)(C(N)=O)C(N)=O. The quantitative estimate of drug-likeness (QED) is 0.205. The average molecular weight is 411 g/mol. The second-order valence-electron chi connectivity index (χ2n) is 8.13. The number of carbonyl (C=O) groups excluding carboxylic acids is 3. The summed E-state index contributed by atoms with van der Waals surface area (Å²) in [6.07, 6.45) is 18.8. The van der Waals surface area contributed by atoms with E-state index < -0.39 is 17.4 Å². The number of nitrogens with one attached hydrogen (secondary N) is 1. The second kappa shape index (κ2) is 17.3. The smallest absolute Gasteiger partial charge is 0.253 e. The number of rotatable bonds is 20. The van der Waals surface area contributed by atoms with Crippen LogP contribution in [0, 0.1) is 6.92 Å². The third-order valence-corrected chi connectivity index (χ3v) is 5.58. The summed E-state index contributed by atoms with van der Waals surface area (Å²) in [5, 5.41) is 2.38. The van der Waals surface area contributed by atoms with E-state index in [9.17, 15) is 14.4 Å². The Balaban J connectivity index is 3.60. The Kier molecular flexibility index (Phi) is 16.3. The molecule has 0 heterocycles. The average Bonchev–Trinajstić information content (AvgIpc) is 2.68. The molecule has 0 aliphatic heterocycles. The fourth-order valence-corrected chi connectivity index (χ4v) is 3.51. The fourth-order valence-electron chi connectivity index (χ4n) is 3.51. The lowest BCUT2D eigenvalue weighted by Crippen LogP contribution is -2.64. The summed E-state index contributed by atoms with van der Waals surface area (Å²) in [6.45, 7) is 5.77. The van der Waals surface area contributed by atoms with Gasteiger partial charge in [0.1, 0.15) is 0 Å². The van der Waals surface area contributed by atoms with Crippen molar-refractivity contribution in [2.24, 2.45) is 11.5 Å². The van der Waals surface area contributed by atoms with Gasteiger partial charge in [0.15, 0.2) is 5.54 Å². The highest BCUT2D eigenvalue weighted by Gasteiger charge is 2.42. The van der Waals surface area contributed by atoms with E-state index in [4.69, 9.17) is 11.5 Å². The predicted molar refractivity (Wildman–Crippen MR) is 119 cm³/mol. The number of carbonyl (C=O) groups is 3. The van der Waals surface area contributed by atoms with E-state index in [-0.39, 0.29) is 18.7 Å². The van der Waals surface area contributed by atoms with Crippen LogP contribution in [0.4, 0.5) is 0 Å². The summed E-state index contributed by atoms with van der Waals surface area (Å²) < 4.78 is 0. The lowest BCUT2D eigenvalue weighted by Gasteiger charge is -2.26. The van der Waals surface area contributed by atoms with Gasteiger partial charge in [-0.05, 0) is 19.8 Å². The molecule has 0 spiro atoms. The van der Waals surface area contributed by atoms with Crippen LogP contribution in [0.15, 0.2) is 0 Å². The molecule has 0 aromatic rings. The minimum atomic E-state index is -1.88. The first-order valence-corrected chi connectivity index (χ1v) is 11.6. The van der Waals surface area contributed by atoms with E-state index in [0.29, 0.717) is 6.42 Å². The van der Waals surface area contributed by atoms with Crippen molar-refractivity contribution in [2.75, 3.05) is 0 Å². The van der Waals surface area contributed by atoms with Crippen LogP contribution in [0.1, 0.15) is 116 Å². The normalized spacial score (nSPS) is 11.4. The van der Waals surface area contributed by atoms with E-state index in [1.807, 2.05) is 0 Å². The summed E-state index contributed by atoms with van der Waals surface area (Å²) in [4.78, 5) is 35.0. The van der Waals surface area contributed by atoms with Crippen molar-refractivity contribution < 1.29 is 14.4 Å². The number of nitrogens with two attached hydrogens (primary N) is 2. The Morgan fingerprint density at radius 2 is 1.03 bits per heavy atom. The van der Waals surface area contributed by atoms with Crippen LogP contribution in [0.25, 0.3) is 0 Å². The Morgan fingerprint density at radius 3 is 1.34 bits per heavy atom. The third kappa shape index (κ3) is 12.6. The molecule has 0 fully saturated rings. The second-order valence-corrected chi connectivity index (χ2v) is 8.13. The Hall–Kier alpha value is -1.59. The Labute approximate surface area is 177 Å². The monoisotopic (exact) mass is 410 g/mol. The topological polar surface area (TPSA) is 115 Å². The van der Waals surface area contributed by atoms with Crippen molar-refractivity contribution in [1.29, 1.82) is 0 Å². The van der Waals surface area contributed by atoms with Crippen molar-refractivity contribution >= 4 is 17.7 Å². The van der Waals surface area contributed by atoms with Crippen LogP contribution in [0.2, 0.25) is 0 Å². The van der Waals surface area contributed by atoms with Crippen molar-refractivity contribution in [2.45, 2.75) is 122 Å². The molecule has 3 amide bonds. The standard InChI is InChI=1S/C23H44N3O3/c1-3-5-6-7-8-9-10-11-12-13-14-15-16-17-18-19-20(27)26-23(4-2,21(24)28)22(25)29/h2-19H2,1H3,(H2,24,28)(H2,25,29)(H,26,27). The molecule has 0 saturated heterocycles. The van der Waals surface area contributed by atoms with Gasteiger partial charge in [0.2, 0.25) is 5.91 Å². The maximum Gasteiger partial charge on any atom is 0.253 e. The molecule has 0 aliphatic carbocycles. The van der Waals surface area contributed by atoms with Gasteiger partial charge in [0.25, 0.3) is 11.8 Å². The Morgan fingerprint density at radius 1 is 0.690 bits per heavy atom. The molecule has 0 saturated carbocycles. The maximum absolute atomic E-state index is 12.0. The van der Waals surface area contributed by atoms with Crippen molar-refractivity contribution in [1.82, 2.24) is 5.32 Å². The lowest BCUT2D eigenvalue weighted by molar-refractivity contribution is -0.140. The summed E-state index contributed by atoms with van der Waals surface area (Å²) in [7, 11) is 0. The van der Waals surface area contributed by atoms with Gasteiger partial charge < -0.3 is 16.8 Å². The zero-order chi connectivity index (χ0) is 22.0. The molecule has 0 bridgehead atoms. The minimum Gasteiger partial charge on any atom is -0.367 e. The van der Waals surface area contributed by atoms with Crippen molar-refractivity contribution in [3.05, 3.63) is 6.92 Å². The molecule has 5 N–H and O–H groups in total. The highest BCUT2D eigenvalue weighted by molar-refractivity contribution is 6.10.